The number of nitrogens with one attached hydrogen (secondary N) is 3. The normalized spacial score (nSPS) is 11.8. The first-order chi connectivity index (χ1) is 10.8. The standard InChI is InChI=1S/C15H24ClN5O2/c1-15(2,3)23-14(22)19-8-7-18-13(17-4)21-10-11-5-6-12(16)20-9-11/h5-6,9H,7-8,10H2,1-4H3,(H,19,22)(H2,17,18,21). The molecule has 0 aliphatic heterocycles. The van der Waals surface area contributed by atoms with E-state index in [0.717, 1.165) is 5.56 Å². The summed E-state index contributed by atoms with van der Waals surface area (Å²) in [6.07, 6.45) is 1.27. The molecule has 8 heteroatoms. The molecule has 1 aromatic heterocycles. The Labute approximate surface area is 141 Å². The minimum Gasteiger partial charge on any atom is -0.444 e. The van der Waals surface area contributed by atoms with Crippen LogP contribution in [0.3, 0.4) is 0 Å². The van der Waals surface area contributed by atoms with Crippen LogP contribution in [0.5, 0.6) is 0 Å². The van der Waals surface area contributed by atoms with E-state index >= 15 is 0 Å². The average molecular weight is 342 g/mol. The van der Waals surface area contributed by atoms with Crippen LogP contribution < -0.4 is 16.0 Å². The number of amides is 1. The van der Waals surface area contributed by atoms with E-state index in [2.05, 4.69) is 25.9 Å². The molecule has 0 aliphatic rings. The summed E-state index contributed by atoms with van der Waals surface area (Å²) in [5.41, 5.74) is 0.492. The molecule has 3 N–H and O–H groups in total. The van der Waals surface area contributed by atoms with Crippen molar-refractivity contribution in [3.63, 3.8) is 0 Å². The highest BCUT2D eigenvalue weighted by Crippen LogP contribution is 2.06. The summed E-state index contributed by atoms with van der Waals surface area (Å²) < 4.78 is 5.14. The zero-order chi connectivity index (χ0) is 17.3. The third-order valence-electron chi connectivity index (χ3n) is 2.56. The van der Waals surface area contributed by atoms with Gasteiger partial charge in [-0.05, 0) is 32.4 Å². The van der Waals surface area contributed by atoms with Gasteiger partial charge in [-0.1, -0.05) is 17.7 Å². The predicted molar refractivity (Wildman–Crippen MR) is 91.7 cm³/mol. The van der Waals surface area contributed by atoms with E-state index < -0.39 is 11.7 Å². The maximum atomic E-state index is 11.5. The van der Waals surface area contributed by atoms with Gasteiger partial charge in [-0.15, -0.1) is 0 Å². The molecule has 0 saturated carbocycles. The largest absolute Gasteiger partial charge is 0.444 e. The van der Waals surface area contributed by atoms with E-state index in [1.807, 2.05) is 26.8 Å². The van der Waals surface area contributed by atoms with E-state index in [1.165, 1.54) is 0 Å². The number of ether oxygens (including phenoxy) is 1. The minimum absolute atomic E-state index is 0.429. The lowest BCUT2D eigenvalue weighted by molar-refractivity contribution is 0.0529. The summed E-state index contributed by atoms with van der Waals surface area (Å²) in [5.74, 6) is 0.630. The van der Waals surface area contributed by atoms with Crippen molar-refractivity contribution in [2.24, 2.45) is 4.99 Å². The van der Waals surface area contributed by atoms with E-state index in [-0.39, 0.29) is 0 Å². The van der Waals surface area contributed by atoms with Crippen LogP contribution >= 0.6 is 11.6 Å². The van der Waals surface area contributed by atoms with E-state index in [4.69, 9.17) is 16.3 Å². The molecular formula is C15H24ClN5O2. The molecule has 1 aromatic rings. The molecule has 128 valence electrons. The minimum atomic E-state index is -0.498. The number of pyridine rings is 1. The summed E-state index contributed by atoms with van der Waals surface area (Å²) in [6, 6.07) is 3.62. The van der Waals surface area contributed by atoms with Crippen LogP contribution in [0.1, 0.15) is 26.3 Å². The van der Waals surface area contributed by atoms with Gasteiger partial charge in [0.1, 0.15) is 10.8 Å². The number of halogens is 1. The Hall–Kier alpha value is -2.02. The molecule has 1 rings (SSSR count). The maximum Gasteiger partial charge on any atom is 0.407 e. The number of aromatic nitrogens is 1. The van der Waals surface area contributed by atoms with Gasteiger partial charge in [0.15, 0.2) is 5.96 Å². The van der Waals surface area contributed by atoms with Gasteiger partial charge in [-0.25, -0.2) is 9.78 Å². The molecule has 0 aromatic carbocycles. The van der Waals surface area contributed by atoms with Gasteiger partial charge < -0.3 is 20.7 Å². The highest BCUT2D eigenvalue weighted by atomic mass is 35.5. The van der Waals surface area contributed by atoms with Crippen molar-refractivity contribution in [3.05, 3.63) is 29.0 Å². The van der Waals surface area contributed by atoms with Gasteiger partial charge >= 0.3 is 6.09 Å². The lowest BCUT2D eigenvalue weighted by atomic mass is 10.2. The van der Waals surface area contributed by atoms with Crippen molar-refractivity contribution in [3.8, 4) is 0 Å². The Morgan fingerprint density at radius 2 is 1.96 bits per heavy atom. The Kier molecular flexibility index (Phi) is 7.61. The molecule has 0 bridgehead atoms. The highest BCUT2D eigenvalue weighted by molar-refractivity contribution is 6.29. The molecule has 0 spiro atoms. The molecular weight excluding hydrogens is 318 g/mol. The van der Waals surface area contributed by atoms with Crippen molar-refractivity contribution in [2.75, 3.05) is 20.1 Å². The van der Waals surface area contributed by atoms with Crippen molar-refractivity contribution in [1.82, 2.24) is 20.9 Å². The quantitative estimate of drug-likeness (QED) is 0.329. The van der Waals surface area contributed by atoms with Gasteiger partial charge in [0.25, 0.3) is 0 Å². The predicted octanol–water partition coefficient (Wildman–Crippen LogP) is 1.92. The lowest BCUT2D eigenvalue weighted by Gasteiger charge is -2.19. The smallest absolute Gasteiger partial charge is 0.407 e. The molecule has 7 nitrogen and oxygen atoms in total. The number of carbonyl (C=O) groups excluding carboxylic acids is 1. The fourth-order valence-electron chi connectivity index (χ4n) is 1.58. The maximum absolute atomic E-state index is 11.5. The molecule has 0 aliphatic carbocycles. The van der Waals surface area contributed by atoms with Crippen LogP contribution in [0.4, 0.5) is 4.79 Å². The lowest BCUT2D eigenvalue weighted by Crippen LogP contribution is -2.42. The zero-order valence-electron chi connectivity index (χ0n) is 13.9. The Balaban J connectivity index is 2.24. The van der Waals surface area contributed by atoms with Crippen molar-refractivity contribution < 1.29 is 9.53 Å². The van der Waals surface area contributed by atoms with Crippen molar-refractivity contribution >= 4 is 23.7 Å². The summed E-state index contributed by atoms with van der Waals surface area (Å²) in [6.45, 7) is 6.99. The van der Waals surface area contributed by atoms with Crippen molar-refractivity contribution in [1.29, 1.82) is 0 Å². The number of rotatable bonds is 5. The van der Waals surface area contributed by atoms with Gasteiger partial charge in [-0.3, -0.25) is 4.99 Å². The van der Waals surface area contributed by atoms with Crippen LogP contribution in [0.25, 0.3) is 0 Å². The number of carbonyl (C=O) groups is 1. The molecule has 1 heterocycles. The van der Waals surface area contributed by atoms with E-state index in [0.29, 0.717) is 30.7 Å². The Bertz CT molecular complexity index is 526. The molecule has 0 saturated heterocycles. The van der Waals surface area contributed by atoms with Gasteiger partial charge in [-0.2, -0.15) is 0 Å². The summed E-state index contributed by atoms with van der Waals surface area (Å²) in [4.78, 5) is 19.6. The highest BCUT2D eigenvalue weighted by Gasteiger charge is 2.15. The average Bonchev–Trinajstić information content (AvgIpc) is 2.46. The molecule has 0 fully saturated rings. The second kappa shape index (κ2) is 9.19. The number of aliphatic imine (C=N–C) groups is 1. The van der Waals surface area contributed by atoms with Crippen LogP contribution in [0.15, 0.2) is 23.3 Å². The van der Waals surface area contributed by atoms with Crippen LogP contribution in [0.2, 0.25) is 5.15 Å². The molecule has 0 unspecified atom stereocenters. The number of guanidine groups is 1. The van der Waals surface area contributed by atoms with Crippen LogP contribution in [-0.2, 0) is 11.3 Å². The number of hydrogen-bond donors (Lipinski definition) is 3. The van der Waals surface area contributed by atoms with Crippen molar-refractivity contribution in [2.45, 2.75) is 32.9 Å². The second-order valence-electron chi connectivity index (χ2n) is 5.77. The first-order valence-corrected chi connectivity index (χ1v) is 7.70. The monoisotopic (exact) mass is 341 g/mol. The molecule has 23 heavy (non-hydrogen) atoms. The first-order valence-electron chi connectivity index (χ1n) is 7.32. The summed E-state index contributed by atoms with van der Waals surface area (Å²) in [7, 11) is 1.68. The van der Waals surface area contributed by atoms with E-state index in [9.17, 15) is 4.79 Å². The third kappa shape index (κ3) is 8.87. The van der Waals surface area contributed by atoms with Gasteiger partial charge in [0, 0.05) is 32.9 Å². The first kappa shape index (κ1) is 19.0. The Morgan fingerprint density at radius 3 is 2.52 bits per heavy atom. The molecule has 0 atom stereocenters. The summed E-state index contributed by atoms with van der Waals surface area (Å²) >= 11 is 5.74. The van der Waals surface area contributed by atoms with Gasteiger partial charge in [0.2, 0.25) is 0 Å². The fourth-order valence-corrected chi connectivity index (χ4v) is 1.69. The van der Waals surface area contributed by atoms with Crippen LogP contribution in [-0.4, -0.2) is 42.8 Å². The molecule has 1 amide bonds. The number of nitrogens with zero attached hydrogens (tertiary/aromatic N) is 2. The zero-order valence-corrected chi connectivity index (χ0v) is 14.7. The van der Waals surface area contributed by atoms with E-state index in [1.54, 1.807) is 19.3 Å². The fraction of sp³-hybridized carbons (Fsp3) is 0.533. The number of alkyl carbamates (subject to hydrolysis) is 1. The van der Waals surface area contributed by atoms with Gasteiger partial charge in [0.05, 0.1) is 0 Å². The summed E-state index contributed by atoms with van der Waals surface area (Å²) in [5, 5.41) is 9.36. The molecule has 0 radical (unpaired) electrons. The topological polar surface area (TPSA) is 87.6 Å². The van der Waals surface area contributed by atoms with Crippen LogP contribution in [0, 0.1) is 0 Å². The SMILES string of the molecule is CN=C(NCCNC(=O)OC(C)(C)C)NCc1ccc(Cl)nc1. The second-order valence-corrected chi connectivity index (χ2v) is 6.16. The third-order valence-corrected chi connectivity index (χ3v) is 2.78. The number of hydrogen-bond acceptors (Lipinski definition) is 4. The Morgan fingerprint density at radius 1 is 1.26 bits per heavy atom.